The SMILES string of the molecule is CCCOc1nc(NC)nc(N2CCCN(C)CC2)n1. The number of anilines is 2. The van der Waals surface area contributed by atoms with Gasteiger partial charge < -0.3 is 19.9 Å². The quantitative estimate of drug-likeness (QED) is 0.857. The van der Waals surface area contributed by atoms with E-state index >= 15 is 0 Å². The summed E-state index contributed by atoms with van der Waals surface area (Å²) in [6.45, 7) is 6.70. The smallest absolute Gasteiger partial charge is 0.323 e. The lowest BCUT2D eigenvalue weighted by atomic mass is 10.4. The molecule has 0 radical (unpaired) electrons. The van der Waals surface area contributed by atoms with Gasteiger partial charge in [-0.1, -0.05) is 6.92 Å². The van der Waals surface area contributed by atoms with E-state index in [1.165, 1.54) is 0 Å². The van der Waals surface area contributed by atoms with Crippen molar-refractivity contribution < 1.29 is 4.74 Å². The lowest BCUT2D eigenvalue weighted by molar-refractivity contribution is 0.292. The highest BCUT2D eigenvalue weighted by molar-refractivity contribution is 5.38. The number of nitrogens with zero attached hydrogens (tertiary/aromatic N) is 5. The monoisotopic (exact) mass is 280 g/mol. The van der Waals surface area contributed by atoms with Gasteiger partial charge in [0.15, 0.2) is 0 Å². The molecular formula is C13H24N6O. The zero-order valence-corrected chi connectivity index (χ0v) is 12.6. The Morgan fingerprint density at radius 1 is 1.15 bits per heavy atom. The van der Waals surface area contributed by atoms with Crippen molar-refractivity contribution in [3.63, 3.8) is 0 Å². The van der Waals surface area contributed by atoms with Crippen LogP contribution in [0.5, 0.6) is 6.01 Å². The molecule has 2 rings (SSSR count). The van der Waals surface area contributed by atoms with Crippen molar-refractivity contribution in [2.75, 3.05) is 57.1 Å². The predicted octanol–water partition coefficient (Wildman–Crippen LogP) is 0.844. The van der Waals surface area contributed by atoms with Crippen molar-refractivity contribution in [3.05, 3.63) is 0 Å². The third-order valence-corrected chi connectivity index (χ3v) is 3.26. The van der Waals surface area contributed by atoms with E-state index in [9.17, 15) is 0 Å². The summed E-state index contributed by atoms with van der Waals surface area (Å²) >= 11 is 0. The summed E-state index contributed by atoms with van der Waals surface area (Å²) in [5.74, 6) is 1.25. The first-order valence-corrected chi connectivity index (χ1v) is 7.23. The van der Waals surface area contributed by atoms with Crippen LogP contribution >= 0.6 is 0 Å². The highest BCUT2D eigenvalue weighted by Gasteiger charge is 2.17. The summed E-state index contributed by atoms with van der Waals surface area (Å²) < 4.78 is 5.54. The molecule has 0 unspecified atom stereocenters. The lowest BCUT2D eigenvalue weighted by Gasteiger charge is -2.21. The van der Waals surface area contributed by atoms with E-state index in [0.717, 1.165) is 39.0 Å². The van der Waals surface area contributed by atoms with Gasteiger partial charge in [-0.2, -0.15) is 15.0 Å². The van der Waals surface area contributed by atoms with Gasteiger partial charge in [0.25, 0.3) is 0 Å². The molecule has 0 aromatic carbocycles. The minimum Gasteiger partial charge on any atom is -0.463 e. The Labute approximate surface area is 120 Å². The topological polar surface area (TPSA) is 66.4 Å². The van der Waals surface area contributed by atoms with Gasteiger partial charge in [-0.05, 0) is 26.4 Å². The molecule has 1 aromatic rings. The van der Waals surface area contributed by atoms with Crippen LogP contribution in [0.15, 0.2) is 0 Å². The molecule has 0 bridgehead atoms. The van der Waals surface area contributed by atoms with E-state index in [0.29, 0.717) is 24.5 Å². The summed E-state index contributed by atoms with van der Waals surface area (Å²) in [5.41, 5.74) is 0. The fraction of sp³-hybridized carbons (Fsp3) is 0.769. The van der Waals surface area contributed by atoms with Crippen molar-refractivity contribution in [2.24, 2.45) is 0 Å². The summed E-state index contributed by atoms with van der Waals surface area (Å²) in [7, 11) is 3.95. The molecule has 1 saturated heterocycles. The normalized spacial score (nSPS) is 16.9. The molecule has 7 heteroatoms. The first kappa shape index (κ1) is 14.8. The molecule has 2 heterocycles. The number of ether oxygens (including phenoxy) is 1. The standard InChI is InChI=1S/C13H24N6O/c1-4-10-20-13-16-11(14-2)15-12(17-13)19-7-5-6-18(3)8-9-19/h4-10H2,1-3H3,(H,14,15,16,17). The molecule has 1 aromatic heterocycles. The summed E-state index contributed by atoms with van der Waals surface area (Å²) in [6.07, 6.45) is 2.05. The van der Waals surface area contributed by atoms with E-state index < -0.39 is 0 Å². The zero-order chi connectivity index (χ0) is 14.4. The van der Waals surface area contributed by atoms with Crippen molar-refractivity contribution in [3.8, 4) is 6.01 Å². The number of aromatic nitrogens is 3. The Balaban J connectivity index is 2.16. The number of hydrogen-bond donors (Lipinski definition) is 1. The molecule has 1 aliphatic heterocycles. The highest BCUT2D eigenvalue weighted by Crippen LogP contribution is 2.16. The molecule has 0 amide bonds. The van der Waals surface area contributed by atoms with Crippen LogP contribution in [0.25, 0.3) is 0 Å². The van der Waals surface area contributed by atoms with Crippen LogP contribution in [0.3, 0.4) is 0 Å². The van der Waals surface area contributed by atoms with Gasteiger partial charge in [-0.3, -0.25) is 0 Å². The molecule has 0 atom stereocenters. The van der Waals surface area contributed by atoms with E-state index in [-0.39, 0.29) is 0 Å². The highest BCUT2D eigenvalue weighted by atomic mass is 16.5. The molecule has 1 N–H and O–H groups in total. The average molecular weight is 280 g/mol. The maximum atomic E-state index is 5.54. The average Bonchev–Trinajstić information content (AvgIpc) is 2.69. The van der Waals surface area contributed by atoms with Gasteiger partial charge in [-0.25, -0.2) is 0 Å². The molecule has 1 aliphatic rings. The van der Waals surface area contributed by atoms with Gasteiger partial charge in [-0.15, -0.1) is 0 Å². The first-order valence-electron chi connectivity index (χ1n) is 7.23. The first-order chi connectivity index (χ1) is 9.72. The Morgan fingerprint density at radius 2 is 2.00 bits per heavy atom. The Hall–Kier alpha value is -1.63. The van der Waals surface area contributed by atoms with Crippen LogP contribution in [-0.2, 0) is 0 Å². The van der Waals surface area contributed by atoms with E-state index in [2.05, 4.69) is 44.0 Å². The van der Waals surface area contributed by atoms with Gasteiger partial charge in [0.05, 0.1) is 6.61 Å². The minimum absolute atomic E-state index is 0.402. The van der Waals surface area contributed by atoms with Crippen molar-refractivity contribution in [1.29, 1.82) is 0 Å². The predicted molar refractivity (Wildman–Crippen MR) is 79.5 cm³/mol. The second-order valence-electron chi connectivity index (χ2n) is 4.98. The molecule has 1 fully saturated rings. The van der Waals surface area contributed by atoms with Crippen LogP contribution in [-0.4, -0.2) is 66.7 Å². The van der Waals surface area contributed by atoms with E-state index in [4.69, 9.17) is 4.74 Å². The summed E-state index contributed by atoms with van der Waals surface area (Å²) in [6, 6.07) is 0.402. The molecule has 0 saturated carbocycles. The maximum Gasteiger partial charge on any atom is 0.323 e. The summed E-state index contributed by atoms with van der Waals surface area (Å²) in [4.78, 5) is 17.6. The number of hydrogen-bond acceptors (Lipinski definition) is 7. The fourth-order valence-corrected chi connectivity index (χ4v) is 2.10. The Morgan fingerprint density at radius 3 is 2.75 bits per heavy atom. The Kier molecular flexibility index (Phi) is 5.34. The van der Waals surface area contributed by atoms with Gasteiger partial charge in [0, 0.05) is 26.7 Å². The molecule has 0 aliphatic carbocycles. The molecule has 20 heavy (non-hydrogen) atoms. The third-order valence-electron chi connectivity index (χ3n) is 3.26. The van der Waals surface area contributed by atoms with Gasteiger partial charge in [0.2, 0.25) is 11.9 Å². The van der Waals surface area contributed by atoms with Crippen LogP contribution in [0, 0.1) is 0 Å². The van der Waals surface area contributed by atoms with Crippen LogP contribution in [0.4, 0.5) is 11.9 Å². The number of likely N-dealkylation sites (N-methyl/N-ethyl adjacent to an activating group) is 1. The van der Waals surface area contributed by atoms with E-state index in [1.807, 2.05) is 0 Å². The van der Waals surface area contributed by atoms with Gasteiger partial charge in [0.1, 0.15) is 0 Å². The molecule has 112 valence electrons. The summed E-state index contributed by atoms with van der Waals surface area (Å²) in [5, 5.41) is 2.97. The second kappa shape index (κ2) is 7.23. The van der Waals surface area contributed by atoms with Crippen molar-refractivity contribution in [1.82, 2.24) is 19.9 Å². The van der Waals surface area contributed by atoms with Crippen LogP contribution in [0.1, 0.15) is 19.8 Å². The van der Waals surface area contributed by atoms with Crippen molar-refractivity contribution in [2.45, 2.75) is 19.8 Å². The van der Waals surface area contributed by atoms with E-state index in [1.54, 1.807) is 7.05 Å². The number of nitrogens with one attached hydrogen (secondary N) is 1. The Bertz CT molecular complexity index is 427. The van der Waals surface area contributed by atoms with Crippen molar-refractivity contribution >= 4 is 11.9 Å². The van der Waals surface area contributed by atoms with Crippen LogP contribution in [0.2, 0.25) is 0 Å². The fourth-order valence-electron chi connectivity index (χ4n) is 2.10. The largest absolute Gasteiger partial charge is 0.463 e. The van der Waals surface area contributed by atoms with Gasteiger partial charge >= 0.3 is 6.01 Å². The third kappa shape index (κ3) is 3.93. The number of rotatable bonds is 5. The molecule has 7 nitrogen and oxygen atoms in total. The minimum atomic E-state index is 0.402. The lowest BCUT2D eigenvalue weighted by Crippen LogP contribution is -2.30. The zero-order valence-electron chi connectivity index (χ0n) is 12.6. The maximum absolute atomic E-state index is 5.54. The molecule has 0 spiro atoms. The second-order valence-corrected chi connectivity index (χ2v) is 4.98. The molecular weight excluding hydrogens is 256 g/mol. The van der Waals surface area contributed by atoms with Crippen LogP contribution < -0.4 is 15.0 Å².